The summed E-state index contributed by atoms with van der Waals surface area (Å²) in [6.07, 6.45) is 0. The molecule has 0 saturated heterocycles. The molecule has 0 aliphatic rings. The van der Waals surface area contributed by atoms with Crippen LogP contribution in [0.15, 0.2) is 17.5 Å². The van der Waals surface area contributed by atoms with Crippen LogP contribution in [0.2, 0.25) is 0 Å². The van der Waals surface area contributed by atoms with Crippen molar-refractivity contribution in [1.82, 2.24) is 10.6 Å². The van der Waals surface area contributed by atoms with Gasteiger partial charge in [-0.05, 0) is 25.3 Å². The molecule has 1 atom stereocenters. The molecule has 1 rings (SSSR count). The van der Waals surface area contributed by atoms with Crippen LogP contribution >= 0.6 is 11.3 Å². The highest BCUT2D eigenvalue weighted by Gasteiger charge is 2.27. The Hall–Kier alpha value is -2.09. The maximum absolute atomic E-state index is 11.7. The van der Waals surface area contributed by atoms with Crippen molar-refractivity contribution in [3.05, 3.63) is 22.4 Å². The Kier molecular flexibility index (Phi) is 5.09. The number of rotatable bonds is 6. The van der Waals surface area contributed by atoms with Crippen LogP contribution in [0.4, 0.5) is 4.79 Å². The summed E-state index contributed by atoms with van der Waals surface area (Å²) < 4.78 is 0. The predicted octanol–water partition coefficient (Wildman–Crippen LogP) is 0.684. The number of hydrogen-bond acceptors (Lipinski definition) is 4. The van der Waals surface area contributed by atoms with Gasteiger partial charge in [-0.25, -0.2) is 9.59 Å². The average molecular weight is 299 g/mol. The van der Waals surface area contributed by atoms with Crippen LogP contribution in [0.1, 0.15) is 24.8 Å². The van der Waals surface area contributed by atoms with Crippen molar-refractivity contribution in [1.29, 1.82) is 0 Å². The van der Waals surface area contributed by atoms with E-state index in [9.17, 15) is 14.4 Å². The van der Waals surface area contributed by atoms with E-state index in [4.69, 9.17) is 10.8 Å². The minimum atomic E-state index is -1.16. The van der Waals surface area contributed by atoms with E-state index in [1.807, 2.05) is 0 Å². The number of carbonyl (C=O) groups is 3. The first-order valence-corrected chi connectivity index (χ1v) is 6.72. The molecule has 0 aliphatic carbocycles. The molecule has 1 aromatic rings. The number of carbonyl (C=O) groups excluding carboxylic acids is 2. The van der Waals surface area contributed by atoms with Crippen LogP contribution in [0.5, 0.6) is 0 Å². The number of amides is 3. The molecule has 0 fully saturated rings. The van der Waals surface area contributed by atoms with Gasteiger partial charge in [-0.2, -0.15) is 0 Å². The van der Waals surface area contributed by atoms with Gasteiger partial charge in [-0.3, -0.25) is 4.79 Å². The number of thiophene rings is 1. The van der Waals surface area contributed by atoms with Crippen LogP contribution in [-0.2, 0) is 9.59 Å². The Balaban J connectivity index is 2.60. The van der Waals surface area contributed by atoms with Crippen LogP contribution < -0.4 is 16.4 Å². The fraction of sp³-hybridized carbons (Fsp3) is 0.417. The Morgan fingerprint density at radius 2 is 2.10 bits per heavy atom. The number of primary amides is 1. The topological polar surface area (TPSA) is 122 Å². The van der Waals surface area contributed by atoms with Crippen molar-refractivity contribution in [2.24, 2.45) is 11.1 Å². The summed E-state index contributed by atoms with van der Waals surface area (Å²) in [5.74, 6) is -1.71. The molecule has 110 valence electrons. The van der Waals surface area contributed by atoms with E-state index in [0.29, 0.717) is 4.88 Å². The number of carboxylic acid groups (broad SMARTS) is 1. The minimum Gasteiger partial charge on any atom is -0.479 e. The van der Waals surface area contributed by atoms with Gasteiger partial charge in [0.1, 0.15) is 0 Å². The van der Waals surface area contributed by atoms with E-state index >= 15 is 0 Å². The van der Waals surface area contributed by atoms with Gasteiger partial charge >= 0.3 is 12.0 Å². The molecule has 20 heavy (non-hydrogen) atoms. The lowest BCUT2D eigenvalue weighted by molar-refractivity contribution is -0.139. The van der Waals surface area contributed by atoms with Crippen molar-refractivity contribution in [3.8, 4) is 0 Å². The molecule has 1 aromatic heterocycles. The van der Waals surface area contributed by atoms with Crippen molar-refractivity contribution >= 4 is 29.2 Å². The second-order valence-corrected chi connectivity index (χ2v) is 5.84. The third-order valence-corrected chi connectivity index (χ3v) is 3.65. The lowest BCUT2D eigenvalue weighted by atomic mass is 9.93. The van der Waals surface area contributed by atoms with Crippen LogP contribution in [0.3, 0.4) is 0 Å². The zero-order chi connectivity index (χ0) is 15.3. The highest BCUT2D eigenvalue weighted by atomic mass is 32.1. The first kappa shape index (κ1) is 16.0. The van der Waals surface area contributed by atoms with Gasteiger partial charge in [0.15, 0.2) is 6.04 Å². The second-order valence-electron chi connectivity index (χ2n) is 4.86. The first-order chi connectivity index (χ1) is 9.24. The van der Waals surface area contributed by atoms with Crippen molar-refractivity contribution in [2.45, 2.75) is 19.9 Å². The third-order valence-electron chi connectivity index (χ3n) is 2.71. The maximum atomic E-state index is 11.7. The summed E-state index contributed by atoms with van der Waals surface area (Å²) in [4.78, 5) is 34.4. The molecule has 3 amide bonds. The normalized spacial score (nSPS) is 12.5. The van der Waals surface area contributed by atoms with E-state index in [0.717, 1.165) is 0 Å². The Labute approximate surface area is 120 Å². The number of urea groups is 1. The van der Waals surface area contributed by atoms with Gasteiger partial charge in [0.25, 0.3) is 0 Å². The fourth-order valence-electron chi connectivity index (χ4n) is 1.28. The standard InChI is InChI=1S/C12H17N3O4S/c1-12(2,10(13)18)6-14-11(19)15-8(9(16)17)7-4-3-5-20-7/h3-5,8H,6H2,1-2H3,(H2,13,18)(H,16,17)(H2,14,15,19). The number of carboxylic acids is 1. The molecule has 7 nitrogen and oxygen atoms in total. The van der Waals surface area contributed by atoms with Crippen LogP contribution in [-0.4, -0.2) is 29.6 Å². The zero-order valence-electron chi connectivity index (χ0n) is 11.2. The molecule has 0 aliphatic heterocycles. The summed E-state index contributed by atoms with van der Waals surface area (Å²) in [5, 5.41) is 15.6. The number of nitrogens with two attached hydrogens (primary N) is 1. The average Bonchev–Trinajstić information content (AvgIpc) is 2.86. The minimum absolute atomic E-state index is 0.0188. The highest BCUT2D eigenvalue weighted by molar-refractivity contribution is 7.10. The van der Waals surface area contributed by atoms with Crippen molar-refractivity contribution in [3.63, 3.8) is 0 Å². The lowest BCUT2D eigenvalue weighted by Gasteiger charge is -2.21. The molecule has 1 heterocycles. The van der Waals surface area contributed by atoms with Gasteiger partial charge in [0, 0.05) is 11.4 Å². The Morgan fingerprint density at radius 3 is 2.55 bits per heavy atom. The molecule has 1 unspecified atom stereocenters. The quantitative estimate of drug-likeness (QED) is 0.617. The van der Waals surface area contributed by atoms with E-state index in [-0.39, 0.29) is 6.54 Å². The summed E-state index contributed by atoms with van der Waals surface area (Å²) >= 11 is 1.23. The summed E-state index contributed by atoms with van der Waals surface area (Å²) in [6.45, 7) is 3.19. The number of aliphatic carboxylic acids is 1. The molecule has 5 N–H and O–H groups in total. The first-order valence-electron chi connectivity index (χ1n) is 5.84. The Morgan fingerprint density at radius 1 is 1.45 bits per heavy atom. The maximum Gasteiger partial charge on any atom is 0.331 e. The molecule has 0 aromatic carbocycles. The third kappa shape index (κ3) is 4.23. The second kappa shape index (κ2) is 6.38. The highest BCUT2D eigenvalue weighted by Crippen LogP contribution is 2.19. The summed E-state index contributed by atoms with van der Waals surface area (Å²) in [6, 6.07) is 1.54. The van der Waals surface area contributed by atoms with Crippen molar-refractivity contribution in [2.75, 3.05) is 6.54 Å². The number of nitrogens with one attached hydrogen (secondary N) is 2. The molecule has 0 spiro atoms. The van der Waals surface area contributed by atoms with Crippen LogP contribution in [0, 0.1) is 5.41 Å². The molecule has 0 bridgehead atoms. The predicted molar refractivity (Wildman–Crippen MR) is 74.2 cm³/mol. The molecule has 8 heteroatoms. The monoisotopic (exact) mass is 299 g/mol. The van der Waals surface area contributed by atoms with E-state index in [2.05, 4.69) is 10.6 Å². The molecular weight excluding hydrogens is 282 g/mol. The summed E-state index contributed by atoms with van der Waals surface area (Å²) in [5.41, 5.74) is 4.28. The lowest BCUT2D eigenvalue weighted by Crippen LogP contribution is -2.47. The fourth-order valence-corrected chi connectivity index (χ4v) is 2.05. The number of hydrogen-bond donors (Lipinski definition) is 4. The largest absolute Gasteiger partial charge is 0.479 e. The van der Waals surface area contributed by atoms with Gasteiger partial charge in [-0.1, -0.05) is 6.07 Å². The SMILES string of the molecule is CC(C)(CNC(=O)NC(C(=O)O)c1cccs1)C(N)=O. The van der Waals surface area contributed by atoms with Crippen LogP contribution in [0.25, 0.3) is 0 Å². The molecule has 0 radical (unpaired) electrons. The van der Waals surface area contributed by atoms with Gasteiger partial charge < -0.3 is 21.5 Å². The molecule has 0 saturated carbocycles. The van der Waals surface area contributed by atoms with Gasteiger partial charge in [0.2, 0.25) is 5.91 Å². The van der Waals surface area contributed by atoms with E-state index in [1.54, 1.807) is 31.4 Å². The van der Waals surface area contributed by atoms with Gasteiger partial charge in [0.05, 0.1) is 5.41 Å². The zero-order valence-corrected chi connectivity index (χ0v) is 12.0. The smallest absolute Gasteiger partial charge is 0.331 e. The van der Waals surface area contributed by atoms with E-state index < -0.39 is 29.4 Å². The molecular formula is C12H17N3O4S. The van der Waals surface area contributed by atoms with Gasteiger partial charge in [-0.15, -0.1) is 11.3 Å². The van der Waals surface area contributed by atoms with Crippen molar-refractivity contribution < 1.29 is 19.5 Å². The summed E-state index contributed by atoms with van der Waals surface area (Å²) in [7, 11) is 0. The van der Waals surface area contributed by atoms with E-state index in [1.165, 1.54) is 11.3 Å². The Bertz CT molecular complexity index is 499.